The zero-order chi connectivity index (χ0) is 14.8. The Morgan fingerprint density at radius 2 is 2.33 bits per heavy atom. The molecule has 3 rings (SSSR count). The topological polar surface area (TPSA) is 82.1 Å². The minimum absolute atomic E-state index is 0.142. The fourth-order valence-electron chi connectivity index (χ4n) is 2.58. The van der Waals surface area contributed by atoms with Crippen LogP contribution in [-0.2, 0) is 17.8 Å². The first-order valence-corrected chi connectivity index (χ1v) is 7.84. The summed E-state index contributed by atoms with van der Waals surface area (Å²) in [5, 5.41) is 5.03. The second-order valence-electron chi connectivity index (χ2n) is 5.28. The van der Waals surface area contributed by atoms with Crippen molar-refractivity contribution in [2.75, 3.05) is 25.4 Å². The molecule has 1 fully saturated rings. The van der Waals surface area contributed by atoms with Crippen LogP contribution in [-0.4, -0.2) is 50.4 Å². The number of hydrogen-bond donors (Lipinski definition) is 1. The summed E-state index contributed by atoms with van der Waals surface area (Å²) in [7, 11) is 0. The van der Waals surface area contributed by atoms with Crippen LogP contribution in [0.1, 0.15) is 16.5 Å². The lowest BCUT2D eigenvalue weighted by Gasteiger charge is -2.32. The molecule has 0 bridgehead atoms. The summed E-state index contributed by atoms with van der Waals surface area (Å²) in [5.41, 5.74) is 5.68. The van der Waals surface area contributed by atoms with Crippen LogP contribution >= 0.6 is 11.3 Å². The third-order valence-corrected chi connectivity index (χ3v) is 4.32. The maximum atomic E-state index is 5.85. The molecule has 1 saturated heterocycles. The molecule has 0 aromatic carbocycles. The first-order valence-electron chi connectivity index (χ1n) is 7.02. The van der Waals surface area contributed by atoms with Gasteiger partial charge in [-0.05, 0) is 13.8 Å². The SMILES string of the molecule is Cc1nc(C)n(CC2CN(Cc3cnc(N)s3)CCO2)n1. The van der Waals surface area contributed by atoms with Crippen LogP contribution in [0.3, 0.4) is 0 Å². The van der Waals surface area contributed by atoms with Gasteiger partial charge in [-0.2, -0.15) is 5.10 Å². The van der Waals surface area contributed by atoms with Crippen LogP contribution in [0.2, 0.25) is 0 Å². The second kappa shape index (κ2) is 6.08. The molecule has 1 aliphatic heterocycles. The molecule has 0 amide bonds. The average molecular weight is 308 g/mol. The first kappa shape index (κ1) is 14.4. The molecule has 1 unspecified atom stereocenters. The highest BCUT2D eigenvalue weighted by Crippen LogP contribution is 2.18. The normalized spacial score (nSPS) is 20.0. The molecule has 0 spiro atoms. The summed E-state index contributed by atoms with van der Waals surface area (Å²) in [4.78, 5) is 12.0. The van der Waals surface area contributed by atoms with Gasteiger partial charge in [-0.15, -0.1) is 11.3 Å². The van der Waals surface area contributed by atoms with Gasteiger partial charge in [-0.1, -0.05) is 0 Å². The van der Waals surface area contributed by atoms with Crippen molar-refractivity contribution in [3.05, 3.63) is 22.7 Å². The van der Waals surface area contributed by atoms with Crippen LogP contribution in [0.5, 0.6) is 0 Å². The van der Waals surface area contributed by atoms with Crippen molar-refractivity contribution in [1.29, 1.82) is 0 Å². The molecule has 8 heteroatoms. The van der Waals surface area contributed by atoms with Crippen molar-refractivity contribution >= 4 is 16.5 Å². The number of anilines is 1. The highest BCUT2D eigenvalue weighted by atomic mass is 32.1. The molecule has 2 aromatic heterocycles. The molecular weight excluding hydrogens is 288 g/mol. The fraction of sp³-hybridized carbons (Fsp3) is 0.615. The van der Waals surface area contributed by atoms with Gasteiger partial charge in [0.25, 0.3) is 0 Å². The minimum Gasteiger partial charge on any atom is -0.375 e. The number of aromatic nitrogens is 4. The van der Waals surface area contributed by atoms with Crippen molar-refractivity contribution in [3.63, 3.8) is 0 Å². The summed E-state index contributed by atoms with van der Waals surface area (Å²) in [6.45, 7) is 8.07. The Morgan fingerprint density at radius 3 is 3.00 bits per heavy atom. The Hall–Kier alpha value is -1.51. The van der Waals surface area contributed by atoms with Gasteiger partial charge in [-0.25, -0.2) is 14.6 Å². The highest BCUT2D eigenvalue weighted by molar-refractivity contribution is 7.15. The molecule has 3 heterocycles. The number of thiazole rings is 1. The maximum absolute atomic E-state index is 5.85. The lowest BCUT2D eigenvalue weighted by atomic mass is 10.2. The molecule has 1 aliphatic rings. The Morgan fingerprint density at radius 1 is 1.48 bits per heavy atom. The smallest absolute Gasteiger partial charge is 0.180 e. The Labute approximate surface area is 127 Å². The highest BCUT2D eigenvalue weighted by Gasteiger charge is 2.22. The quantitative estimate of drug-likeness (QED) is 0.901. The summed E-state index contributed by atoms with van der Waals surface area (Å²) in [6.07, 6.45) is 2.00. The van der Waals surface area contributed by atoms with Crippen LogP contribution in [0, 0.1) is 13.8 Å². The van der Waals surface area contributed by atoms with E-state index in [-0.39, 0.29) is 6.10 Å². The van der Waals surface area contributed by atoms with Gasteiger partial charge in [0, 0.05) is 30.7 Å². The molecular formula is C13H20N6OS. The number of aryl methyl sites for hydroxylation is 2. The number of morpholine rings is 1. The zero-order valence-corrected chi connectivity index (χ0v) is 13.1. The molecule has 0 saturated carbocycles. The molecule has 0 aliphatic carbocycles. The van der Waals surface area contributed by atoms with E-state index in [1.54, 1.807) is 11.3 Å². The average Bonchev–Trinajstić information content (AvgIpc) is 2.96. The van der Waals surface area contributed by atoms with E-state index in [2.05, 4.69) is 20.0 Å². The van der Waals surface area contributed by atoms with Crippen LogP contribution in [0.25, 0.3) is 0 Å². The van der Waals surface area contributed by atoms with Crippen molar-refractivity contribution in [3.8, 4) is 0 Å². The van der Waals surface area contributed by atoms with E-state index in [1.807, 2.05) is 24.7 Å². The molecule has 0 radical (unpaired) electrons. The van der Waals surface area contributed by atoms with Gasteiger partial charge < -0.3 is 10.5 Å². The monoisotopic (exact) mass is 308 g/mol. The number of nitrogen functional groups attached to an aromatic ring is 1. The minimum atomic E-state index is 0.142. The lowest BCUT2D eigenvalue weighted by molar-refractivity contribution is -0.0402. The van der Waals surface area contributed by atoms with Crippen molar-refractivity contribution < 1.29 is 4.74 Å². The largest absolute Gasteiger partial charge is 0.375 e. The van der Waals surface area contributed by atoms with Gasteiger partial charge in [0.05, 0.1) is 19.3 Å². The lowest BCUT2D eigenvalue weighted by Crippen LogP contribution is -2.43. The van der Waals surface area contributed by atoms with E-state index in [9.17, 15) is 0 Å². The molecule has 21 heavy (non-hydrogen) atoms. The maximum Gasteiger partial charge on any atom is 0.180 e. The van der Waals surface area contributed by atoms with E-state index in [1.165, 1.54) is 4.88 Å². The van der Waals surface area contributed by atoms with Gasteiger partial charge in [0.1, 0.15) is 11.6 Å². The molecule has 2 N–H and O–H groups in total. The number of nitrogens with zero attached hydrogens (tertiary/aromatic N) is 5. The van der Waals surface area contributed by atoms with Crippen molar-refractivity contribution in [2.24, 2.45) is 0 Å². The fourth-order valence-corrected chi connectivity index (χ4v) is 3.30. The third kappa shape index (κ3) is 3.58. The summed E-state index contributed by atoms with van der Waals surface area (Å²) >= 11 is 1.55. The van der Waals surface area contributed by atoms with Gasteiger partial charge in [-0.3, -0.25) is 4.90 Å². The number of ether oxygens (including phenoxy) is 1. The zero-order valence-electron chi connectivity index (χ0n) is 12.3. The Kier molecular flexibility index (Phi) is 4.18. The Balaban J connectivity index is 1.59. The predicted molar refractivity (Wildman–Crippen MR) is 81.0 cm³/mol. The van der Waals surface area contributed by atoms with E-state index in [4.69, 9.17) is 10.5 Å². The summed E-state index contributed by atoms with van der Waals surface area (Å²) < 4.78 is 7.78. The summed E-state index contributed by atoms with van der Waals surface area (Å²) in [6, 6.07) is 0. The van der Waals surface area contributed by atoms with Gasteiger partial charge >= 0.3 is 0 Å². The molecule has 2 aromatic rings. The van der Waals surface area contributed by atoms with Gasteiger partial charge in [0.2, 0.25) is 0 Å². The van der Waals surface area contributed by atoms with Crippen LogP contribution < -0.4 is 5.73 Å². The van der Waals surface area contributed by atoms with Crippen molar-refractivity contribution in [1.82, 2.24) is 24.6 Å². The number of hydrogen-bond acceptors (Lipinski definition) is 7. The van der Waals surface area contributed by atoms with E-state index >= 15 is 0 Å². The van der Waals surface area contributed by atoms with E-state index in [0.29, 0.717) is 5.13 Å². The second-order valence-corrected chi connectivity index (χ2v) is 6.43. The Bertz CT molecular complexity index is 610. The van der Waals surface area contributed by atoms with E-state index in [0.717, 1.165) is 44.4 Å². The van der Waals surface area contributed by atoms with Crippen LogP contribution in [0.4, 0.5) is 5.13 Å². The standard InChI is InChI=1S/C13H20N6OS/c1-9-16-10(2)19(17-9)7-11-6-18(3-4-20-11)8-12-5-15-13(14)21-12/h5,11H,3-4,6-8H2,1-2H3,(H2,14,15). The summed E-state index contributed by atoms with van der Waals surface area (Å²) in [5.74, 6) is 1.74. The van der Waals surface area contributed by atoms with Crippen molar-refractivity contribution in [2.45, 2.75) is 33.0 Å². The van der Waals surface area contributed by atoms with E-state index < -0.39 is 0 Å². The number of nitrogens with two attached hydrogens (primary N) is 1. The number of rotatable bonds is 4. The first-order chi connectivity index (χ1) is 10.1. The third-order valence-electron chi connectivity index (χ3n) is 3.51. The van der Waals surface area contributed by atoms with Crippen LogP contribution in [0.15, 0.2) is 6.20 Å². The van der Waals surface area contributed by atoms with Gasteiger partial charge in [0.15, 0.2) is 5.13 Å². The molecule has 114 valence electrons. The molecule has 1 atom stereocenters. The predicted octanol–water partition coefficient (Wildman–Crippen LogP) is 0.835. The molecule has 7 nitrogen and oxygen atoms in total.